The summed E-state index contributed by atoms with van der Waals surface area (Å²) >= 11 is 0. The van der Waals surface area contributed by atoms with Crippen molar-refractivity contribution in [2.24, 2.45) is 0 Å². The molecule has 5 aromatic heterocycles. The lowest BCUT2D eigenvalue weighted by Gasteiger charge is -2.02. The summed E-state index contributed by atoms with van der Waals surface area (Å²) in [7, 11) is 1.49. The minimum Gasteiger partial charge on any atom is -0.479 e. The third-order valence-electron chi connectivity index (χ3n) is 4.32. The lowest BCUT2D eigenvalue weighted by atomic mass is 10.3. The number of pyridine rings is 2. The van der Waals surface area contributed by atoms with Crippen LogP contribution in [-0.2, 0) is 0 Å². The van der Waals surface area contributed by atoms with Crippen molar-refractivity contribution >= 4 is 32.8 Å². The van der Waals surface area contributed by atoms with E-state index in [0.29, 0.717) is 22.4 Å². The van der Waals surface area contributed by atoms with Crippen molar-refractivity contribution in [2.75, 3.05) is 7.11 Å². The first-order valence-electron chi connectivity index (χ1n) is 7.30. The maximum absolute atomic E-state index is 13.1. The molecule has 0 amide bonds. The number of ether oxygens (including phenoxy) is 1. The molecular formula is C17H10N4O3. The molecule has 0 aliphatic carbocycles. The standard InChI is InChI=1S/C17H10N4O3/c1-24-15-14-10(3-5-19-15)7-12-16(22)20-11(17(23)21(12)14)6-9-2-4-18-8-13(9)20/h2-8H,1H3. The fourth-order valence-electron chi connectivity index (χ4n) is 3.29. The highest BCUT2D eigenvalue weighted by Crippen LogP contribution is 2.25. The molecule has 0 aromatic carbocycles. The molecule has 0 saturated carbocycles. The van der Waals surface area contributed by atoms with Crippen LogP contribution < -0.4 is 15.9 Å². The molecule has 0 bridgehead atoms. The van der Waals surface area contributed by atoms with Gasteiger partial charge in [0, 0.05) is 23.2 Å². The average Bonchev–Trinajstić information content (AvgIpc) is 3.18. The zero-order valence-corrected chi connectivity index (χ0v) is 12.6. The lowest BCUT2D eigenvalue weighted by molar-refractivity contribution is 0.402. The first-order valence-corrected chi connectivity index (χ1v) is 7.30. The molecule has 0 fully saturated rings. The van der Waals surface area contributed by atoms with Gasteiger partial charge in [0.1, 0.15) is 16.6 Å². The van der Waals surface area contributed by atoms with Gasteiger partial charge in [-0.3, -0.25) is 23.4 Å². The molecule has 0 N–H and O–H groups in total. The number of aromatic nitrogens is 4. The van der Waals surface area contributed by atoms with Gasteiger partial charge in [-0.05, 0) is 24.3 Å². The van der Waals surface area contributed by atoms with Gasteiger partial charge in [-0.15, -0.1) is 0 Å². The van der Waals surface area contributed by atoms with E-state index >= 15 is 0 Å². The Morgan fingerprint density at radius 3 is 2.46 bits per heavy atom. The van der Waals surface area contributed by atoms with E-state index in [4.69, 9.17) is 4.74 Å². The van der Waals surface area contributed by atoms with Crippen molar-refractivity contribution in [3.8, 4) is 5.88 Å². The highest BCUT2D eigenvalue weighted by Gasteiger charge is 2.18. The Labute approximate surface area is 133 Å². The number of fused-ring (bicyclic) bond motifs is 6. The van der Waals surface area contributed by atoms with Crippen molar-refractivity contribution in [1.29, 1.82) is 0 Å². The SMILES string of the molecule is COc1nccc2cc3c(=O)n4c(cc5ccncc54)c(=O)n3c12. The quantitative estimate of drug-likeness (QED) is 0.467. The zero-order chi connectivity index (χ0) is 16.4. The molecule has 0 spiro atoms. The van der Waals surface area contributed by atoms with Gasteiger partial charge in [0.15, 0.2) is 0 Å². The molecule has 0 aliphatic rings. The van der Waals surface area contributed by atoms with Crippen molar-refractivity contribution < 1.29 is 4.74 Å². The van der Waals surface area contributed by atoms with Crippen molar-refractivity contribution in [3.05, 3.63) is 63.6 Å². The van der Waals surface area contributed by atoms with Gasteiger partial charge in [-0.25, -0.2) is 4.98 Å². The van der Waals surface area contributed by atoms with E-state index in [1.54, 1.807) is 42.9 Å². The number of methoxy groups -OCH3 is 1. The van der Waals surface area contributed by atoms with Crippen LogP contribution in [0, 0.1) is 0 Å². The second kappa shape index (κ2) is 4.29. The summed E-state index contributed by atoms with van der Waals surface area (Å²) in [6.45, 7) is 0. The van der Waals surface area contributed by atoms with E-state index in [9.17, 15) is 9.59 Å². The van der Waals surface area contributed by atoms with E-state index in [1.807, 2.05) is 0 Å². The van der Waals surface area contributed by atoms with Gasteiger partial charge < -0.3 is 4.74 Å². The monoisotopic (exact) mass is 318 g/mol. The summed E-state index contributed by atoms with van der Waals surface area (Å²) in [5, 5.41) is 1.52. The van der Waals surface area contributed by atoms with Crippen LogP contribution in [0.3, 0.4) is 0 Å². The van der Waals surface area contributed by atoms with Gasteiger partial charge in [-0.1, -0.05) is 0 Å². The van der Waals surface area contributed by atoms with Gasteiger partial charge >= 0.3 is 0 Å². The summed E-state index contributed by atoms with van der Waals surface area (Å²) in [5.41, 5.74) is 1.15. The maximum Gasteiger partial charge on any atom is 0.280 e. The van der Waals surface area contributed by atoms with Gasteiger partial charge in [-0.2, -0.15) is 0 Å². The van der Waals surface area contributed by atoms with E-state index < -0.39 is 0 Å². The van der Waals surface area contributed by atoms with E-state index in [2.05, 4.69) is 9.97 Å². The van der Waals surface area contributed by atoms with Crippen LogP contribution in [0.5, 0.6) is 5.88 Å². The van der Waals surface area contributed by atoms with Crippen LogP contribution in [0.4, 0.5) is 0 Å². The summed E-state index contributed by atoms with van der Waals surface area (Å²) < 4.78 is 8.07. The smallest absolute Gasteiger partial charge is 0.280 e. The average molecular weight is 318 g/mol. The molecule has 0 atom stereocenters. The fraction of sp³-hybridized carbons (Fsp3) is 0.0588. The predicted molar refractivity (Wildman–Crippen MR) is 89.2 cm³/mol. The molecule has 5 rings (SSSR count). The topological polar surface area (TPSA) is 78.0 Å². The number of nitrogens with zero attached hydrogens (tertiary/aromatic N) is 4. The van der Waals surface area contributed by atoms with Crippen LogP contribution in [0.25, 0.3) is 32.8 Å². The van der Waals surface area contributed by atoms with Crippen LogP contribution in [-0.4, -0.2) is 25.9 Å². The van der Waals surface area contributed by atoms with Crippen molar-refractivity contribution in [2.45, 2.75) is 0 Å². The number of rotatable bonds is 1. The molecule has 0 radical (unpaired) electrons. The molecule has 5 heterocycles. The van der Waals surface area contributed by atoms with Gasteiger partial charge in [0.2, 0.25) is 5.88 Å². The van der Waals surface area contributed by atoms with E-state index in [0.717, 1.165) is 10.8 Å². The summed E-state index contributed by atoms with van der Waals surface area (Å²) in [6, 6.07) is 6.91. The van der Waals surface area contributed by atoms with Gasteiger partial charge in [0.25, 0.3) is 11.1 Å². The lowest BCUT2D eigenvalue weighted by Crippen LogP contribution is -2.25. The Morgan fingerprint density at radius 1 is 0.917 bits per heavy atom. The molecule has 116 valence electrons. The van der Waals surface area contributed by atoms with E-state index in [-0.39, 0.29) is 16.6 Å². The van der Waals surface area contributed by atoms with Crippen LogP contribution >= 0.6 is 0 Å². The molecule has 5 aromatic rings. The summed E-state index contributed by atoms with van der Waals surface area (Å²) in [6.07, 6.45) is 4.80. The highest BCUT2D eigenvalue weighted by molar-refractivity contribution is 5.92. The third-order valence-corrected chi connectivity index (χ3v) is 4.32. The highest BCUT2D eigenvalue weighted by atomic mass is 16.5. The first-order chi connectivity index (χ1) is 11.7. The molecular weight excluding hydrogens is 308 g/mol. The predicted octanol–water partition coefficient (Wildman–Crippen LogP) is 1.46. The second-order valence-corrected chi connectivity index (χ2v) is 5.53. The number of hydrogen-bond acceptors (Lipinski definition) is 5. The molecule has 7 heteroatoms. The fourth-order valence-corrected chi connectivity index (χ4v) is 3.29. The number of hydrogen-bond donors (Lipinski definition) is 0. The third kappa shape index (κ3) is 1.41. The summed E-state index contributed by atoms with van der Waals surface area (Å²) in [4.78, 5) is 34.2. The largest absolute Gasteiger partial charge is 0.479 e. The van der Waals surface area contributed by atoms with E-state index in [1.165, 1.54) is 15.9 Å². The Morgan fingerprint density at radius 2 is 1.62 bits per heavy atom. The minimum atomic E-state index is -0.290. The Bertz CT molecular complexity index is 1380. The normalized spacial score (nSPS) is 11.9. The molecule has 0 aliphatic heterocycles. The summed E-state index contributed by atoms with van der Waals surface area (Å²) in [5.74, 6) is 0.311. The van der Waals surface area contributed by atoms with Gasteiger partial charge in [0.05, 0.1) is 18.8 Å². The zero-order valence-electron chi connectivity index (χ0n) is 12.6. The molecule has 0 saturated heterocycles. The Kier molecular flexibility index (Phi) is 2.32. The van der Waals surface area contributed by atoms with Crippen molar-refractivity contribution in [3.63, 3.8) is 0 Å². The minimum absolute atomic E-state index is 0.272. The Hall–Kier alpha value is -3.48. The van der Waals surface area contributed by atoms with Crippen LogP contribution in [0.1, 0.15) is 0 Å². The molecule has 7 nitrogen and oxygen atoms in total. The maximum atomic E-state index is 13.1. The first kappa shape index (κ1) is 13.0. The van der Waals surface area contributed by atoms with Crippen LogP contribution in [0.2, 0.25) is 0 Å². The molecule has 0 unspecified atom stereocenters. The molecule has 24 heavy (non-hydrogen) atoms. The van der Waals surface area contributed by atoms with Crippen molar-refractivity contribution in [1.82, 2.24) is 18.8 Å². The Balaban J connectivity index is 2.17. The second-order valence-electron chi connectivity index (χ2n) is 5.53. The van der Waals surface area contributed by atoms with Crippen LogP contribution in [0.15, 0.2) is 52.4 Å².